The lowest BCUT2D eigenvalue weighted by Gasteiger charge is -2.38. The number of fused-ring (bicyclic) bond motifs is 2. The van der Waals surface area contributed by atoms with Gasteiger partial charge in [0.1, 0.15) is 17.3 Å². The first-order chi connectivity index (χ1) is 57.1. The van der Waals surface area contributed by atoms with E-state index in [2.05, 4.69) is 229 Å². The van der Waals surface area contributed by atoms with Crippen molar-refractivity contribution in [1.82, 2.24) is 9.78 Å². The second-order valence-electron chi connectivity index (χ2n) is 27.3. The molecule has 16 nitrogen and oxygen atoms in total. The molecule has 22 heteroatoms. The summed E-state index contributed by atoms with van der Waals surface area (Å²) in [5, 5.41) is 54.0. The lowest BCUT2D eigenvalue weighted by Crippen LogP contribution is -2.32. The molecule has 1 aromatic heterocycles. The van der Waals surface area contributed by atoms with Crippen LogP contribution in [-0.2, 0) is 5.41 Å². The average molecular weight is 1680 g/mol. The predicted molar refractivity (Wildman–Crippen MR) is 480 cm³/mol. The Morgan fingerprint density at radius 2 is 0.932 bits per heavy atom. The van der Waals surface area contributed by atoms with Crippen LogP contribution in [0.15, 0.2) is 338 Å². The molecule has 118 heavy (non-hydrogen) atoms. The van der Waals surface area contributed by atoms with Crippen LogP contribution in [0.5, 0.6) is 11.5 Å². The molecule has 0 aliphatic carbocycles. The zero-order valence-corrected chi connectivity index (χ0v) is 69.4. The number of benzene rings is 13. The molecule has 0 radical (unpaired) electrons. The number of aromatic nitrogens is 2. The third-order valence-corrected chi connectivity index (χ3v) is 24.0. The largest absolute Gasteiger partial charge is 0.477 e. The Labute approximate surface area is 697 Å². The zero-order chi connectivity index (χ0) is 84.1. The number of carboxylic acids is 1. The molecule has 0 spiro atoms. The van der Waals surface area contributed by atoms with E-state index in [-0.39, 0.29) is 22.6 Å². The number of rotatable bonds is 21. The lowest BCUT2D eigenvalue weighted by atomic mass is 9.76. The van der Waals surface area contributed by atoms with Crippen molar-refractivity contribution in [1.29, 1.82) is 5.26 Å². The van der Waals surface area contributed by atoms with Crippen LogP contribution < -0.4 is 57.4 Å². The highest BCUT2D eigenvalue weighted by Gasteiger charge is 2.39. The number of para-hydroxylation sites is 5. The van der Waals surface area contributed by atoms with Gasteiger partial charge in [0.25, 0.3) is 0 Å². The molecule has 0 bridgehead atoms. The maximum absolute atomic E-state index is 13.4. The first kappa shape index (κ1) is 87.3. The quantitative estimate of drug-likeness (QED) is 0.0264. The van der Waals surface area contributed by atoms with Gasteiger partial charge in [0.05, 0.1) is 38.5 Å². The summed E-state index contributed by atoms with van der Waals surface area (Å²) in [5.74, 6) is -1.03. The Morgan fingerprint density at radius 1 is 0.525 bits per heavy atom. The summed E-state index contributed by atoms with van der Waals surface area (Å²) < 4.78 is 48.2. The maximum Gasteiger partial charge on any atom is 0.354 e. The van der Waals surface area contributed by atoms with Gasteiger partial charge in [-0.1, -0.05) is 269 Å². The summed E-state index contributed by atoms with van der Waals surface area (Å²) in [6.45, 7) is 15.3. The Balaban J connectivity index is 0.000000163. The Kier molecular flexibility index (Phi) is 31.9. The lowest BCUT2D eigenvalue weighted by molar-refractivity contribution is -0.387. The fraction of sp³-hybridized carbons (Fsp3) is 0.135. The molecule has 15 rings (SSSR count). The first-order valence-corrected chi connectivity index (χ1v) is 41.7. The van der Waals surface area contributed by atoms with Crippen LogP contribution in [0.2, 0.25) is 0 Å². The number of nitrogens with zero attached hydrogens (tertiary/aromatic N) is 7. The van der Waals surface area contributed by atoms with Gasteiger partial charge in [-0.3, -0.25) is 20.2 Å². The Morgan fingerprint density at radius 3 is 1.34 bits per heavy atom. The van der Waals surface area contributed by atoms with Crippen LogP contribution in [0.4, 0.5) is 58.7 Å². The highest BCUT2D eigenvalue weighted by atomic mass is 79.9. The maximum atomic E-state index is 13.4. The number of hydrogen-bond donors (Lipinski definition) is 3. The summed E-state index contributed by atoms with van der Waals surface area (Å²) in [4.78, 5) is 34.6. The Bertz CT molecular complexity index is 5460. The number of ether oxygens (including phenoxy) is 1. The second-order valence-corrected chi connectivity index (χ2v) is 32.6. The number of carboxylic acid groups (broad SMARTS) is 1. The number of nitriles is 1. The van der Waals surface area contributed by atoms with E-state index >= 15 is 0 Å². The molecule has 13 aromatic carbocycles. The number of aryl methyl sites for hydroxylation is 1. The number of halogens is 4. The van der Waals surface area contributed by atoms with Crippen molar-refractivity contribution in [3.8, 4) is 23.3 Å². The van der Waals surface area contributed by atoms with E-state index < -0.39 is 54.7 Å². The van der Waals surface area contributed by atoms with Crippen LogP contribution in [0.1, 0.15) is 86.8 Å². The van der Waals surface area contributed by atoms with E-state index in [1.54, 1.807) is 49.4 Å². The van der Waals surface area contributed by atoms with Crippen molar-refractivity contribution in [2.75, 3.05) is 40.5 Å². The van der Waals surface area contributed by atoms with Gasteiger partial charge in [-0.05, 0) is 166 Å². The molecule has 0 saturated carbocycles. The number of hydrogen-bond acceptors (Lipinski definition) is 12. The summed E-state index contributed by atoms with van der Waals surface area (Å²) in [6.07, 6.45) is 3.06. The first-order valence-electron chi connectivity index (χ1n) is 38.2. The molecular formula is C96H89BrF3N9O7P2. The van der Waals surface area contributed by atoms with Gasteiger partial charge in [-0.2, -0.15) is 19.1 Å². The molecule has 598 valence electrons. The smallest absolute Gasteiger partial charge is 0.354 e. The van der Waals surface area contributed by atoms with Gasteiger partial charge in [-0.15, -0.1) is 0 Å². The summed E-state index contributed by atoms with van der Waals surface area (Å²) in [5.41, 5.74) is 13.6. The Hall–Kier alpha value is -13.0. The van der Waals surface area contributed by atoms with Crippen molar-refractivity contribution in [2.45, 2.75) is 66.2 Å². The summed E-state index contributed by atoms with van der Waals surface area (Å²) in [6, 6.07) is 110. The van der Waals surface area contributed by atoms with Gasteiger partial charge in [0.15, 0.2) is 5.69 Å². The van der Waals surface area contributed by atoms with Crippen molar-refractivity contribution >= 4 is 115 Å². The topological polar surface area (TPSA) is 219 Å². The molecule has 0 saturated heterocycles. The van der Waals surface area contributed by atoms with Crippen LogP contribution in [-0.4, -0.2) is 50.3 Å². The number of nitro groups is 2. The number of aromatic carboxylic acids is 1. The van der Waals surface area contributed by atoms with Crippen LogP contribution >= 0.6 is 31.8 Å². The highest BCUT2D eigenvalue weighted by molar-refractivity contribution is 9.10. The normalized spacial score (nSPS) is 11.2. The molecule has 1 aliphatic rings. The van der Waals surface area contributed by atoms with E-state index in [4.69, 9.17) is 20.8 Å². The molecule has 0 atom stereocenters. The second kappa shape index (κ2) is 43.1. The van der Waals surface area contributed by atoms with Gasteiger partial charge in [-0.25, -0.2) is 13.9 Å². The number of nitrogen functional groups attached to an aromatic ring is 1. The predicted octanol–water partition coefficient (Wildman–Crippen LogP) is 22.6. The summed E-state index contributed by atoms with van der Waals surface area (Å²) >= 11 is 2.99. The van der Waals surface area contributed by atoms with Crippen LogP contribution in [0.25, 0.3) is 5.69 Å². The molecule has 0 unspecified atom stereocenters. The molecule has 4 N–H and O–H groups in total. The third kappa shape index (κ3) is 22.9. The van der Waals surface area contributed by atoms with Crippen LogP contribution in [0, 0.1) is 55.9 Å². The van der Waals surface area contributed by atoms with Crippen molar-refractivity contribution in [3.05, 3.63) is 404 Å². The van der Waals surface area contributed by atoms with Gasteiger partial charge < -0.3 is 30.7 Å². The molecule has 14 aromatic rings. The molecule has 0 fully saturated rings. The van der Waals surface area contributed by atoms with E-state index in [0.29, 0.717) is 33.6 Å². The molecule has 1 aliphatic heterocycles. The zero-order valence-electron chi connectivity index (χ0n) is 66.0. The van der Waals surface area contributed by atoms with Crippen molar-refractivity contribution in [2.24, 2.45) is 0 Å². The number of anilines is 6. The SMILES string of the molecule is CC1(C)c2cccc(P(c3ccccc3)c3ccccc3)c2Oc2c(P(c3ccccc3)c3ccccc3)cccc21.CCCN(c1ccccc1)c1ccc(F)c(N)c1.CCCN(c1ccccc1)c1ccc(F)c([N+](=O)[O-])c1.CCCNc1ccccc1.Cc1cc(C(=O)O)n(-c2cccc(C#N)c2)n1.O=[N+]([O-])c1cc(Br)ccc1F. The average Bonchev–Trinajstić information content (AvgIpc) is 0.734. The van der Waals surface area contributed by atoms with Crippen molar-refractivity contribution in [3.63, 3.8) is 0 Å². The number of carbonyl (C=O) groups is 1. The standard InChI is InChI=1S/C39H32OP2.C15H15FN2O2.C15H17FN2.C12H9N3O2.C9H13N.C6H3BrFNO2/c1-39(2)33-25-15-27-35(41(29-17-7-3-8-18-29)30-19-9-4-10-20-30)37(33)40-38-34(39)26-16-28-36(38)42(31-21-11-5-12-22-31)32-23-13-6-14-24-32;1-2-10-17(12-6-4-3-5-7-12)13-8-9-14(16)15(11-13)18(19)20;1-2-10-18(12-6-4-3-5-7-12)13-8-9-14(16)15(17)11-13;1-8-5-11(12(16)17)15(14-8)10-4-2-3-9(6-10)7-13;1-2-8-10-9-6-4-3-5-7-9;7-4-1-2-5(8)6(3-4)9(10)11/h3-28H,1-2H3;3-9,11H,2,10H2,1H3;3-9,11H,2,10,17H2,1H3;2-6H,1H3,(H,16,17);3-7,10H,2,8H2,1H3;1-3H. The minimum atomic E-state index is -1.05. The number of nitrogens with one attached hydrogen (secondary N) is 1. The summed E-state index contributed by atoms with van der Waals surface area (Å²) in [7, 11) is -1.65. The number of nitro benzene ring substituents is 2. The minimum Gasteiger partial charge on any atom is -0.477 e. The third-order valence-electron chi connectivity index (χ3n) is 18.6. The molecule has 2 heterocycles. The number of nitrogens with two attached hydrogens (primary N) is 1. The van der Waals surface area contributed by atoms with E-state index in [1.165, 1.54) is 84.0 Å². The van der Waals surface area contributed by atoms with Crippen LogP contribution in [0.3, 0.4) is 0 Å². The van der Waals surface area contributed by atoms with Crippen molar-refractivity contribution < 1.29 is 37.7 Å². The monoisotopic (exact) mass is 1680 g/mol. The van der Waals surface area contributed by atoms with E-state index in [9.17, 15) is 38.2 Å². The van der Waals surface area contributed by atoms with Gasteiger partial charge >= 0.3 is 17.3 Å². The minimum absolute atomic E-state index is 0.0811. The fourth-order valence-electron chi connectivity index (χ4n) is 13.0. The van der Waals surface area contributed by atoms with Gasteiger partial charge in [0, 0.05) is 91.8 Å². The fourth-order valence-corrected chi connectivity index (χ4v) is 18.2. The van der Waals surface area contributed by atoms with Gasteiger partial charge in [0.2, 0.25) is 11.6 Å². The van der Waals surface area contributed by atoms with E-state index in [0.717, 1.165) is 72.7 Å². The van der Waals surface area contributed by atoms with E-state index in [1.807, 2.05) is 96.8 Å². The molecule has 0 amide bonds. The highest BCUT2D eigenvalue weighted by Crippen LogP contribution is 2.52. The molecular weight excluding hydrogens is 1590 g/mol.